The third-order valence-corrected chi connectivity index (χ3v) is 1.55. The summed E-state index contributed by atoms with van der Waals surface area (Å²) in [5.74, 6) is 0. The lowest BCUT2D eigenvalue weighted by Crippen LogP contribution is -1.83. The van der Waals surface area contributed by atoms with E-state index in [4.69, 9.17) is 6.58 Å². The molecule has 0 heterocycles. The monoisotopic (exact) mass is 147 g/mol. The van der Waals surface area contributed by atoms with Gasteiger partial charge in [0.15, 0.2) is 0 Å². The lowest BCUT2D eigenvalue weighted by atomic mass is 10.3. The van der Waals surface area contributed by atoms with Crippen LogP contribution in [-0.2, 0) is 0 Å². The summed E-state index contributed by atoms with van der Waals surface area (Å²) in [6.07, 6.45) is 2.70. The summed E-state index contributed by atoms with van der Waals surface area (Å²) in [4.78, 5) is 0.400. The molecule has 0 spiro atoms. The molecular formula is C5H8Br. The minimum Gasteiger partial charge on any atom is -0.0845 e. The van der Waals surface area contributed by atoms with Gasteiger partial charge in [0.25, 0.3) is 0 Å². The van der Waals surface area contributed by atoms with Crippen LogP contribution in [0.3, 0.4) is 0 Å². The van der Waals surface area contributed by atoms with Crippen LogP contribution >= 0.6 is 15.9 Å². The van der Waals surface area contributed by atoms with Crippen molar-refractivity contribution in [3.63, 3.8) is 0 Å². The van der Waals surface area contributed by atoms with Crippen LogP contribution in [0.2, 0.25) is 0 Å². The molecule has 0 aliphatic carbocycles. The highest BCUT2D eigenvalue weighted by Gasteiger charge is 1.87. The van der Waals surface area contributed by atoms with Gasteiger partial charge in [-0.2, -0.15) is 0 Å². The van der Waals surface area contributed by atoms with Crippen molar-refractivity contribution < 1.29 is 0 Å². The first-order chi connectivity index (χ1) is 2.81. The highest BCUT2D eigenvalue weighted by atomic mass is 79.9. The maximum Gasteiger partial charge on any atom is 0.0325 e. The average Bonchev–Trinajstić information content (AvgIpc) is 1.65. The second-order valence-electron chi connectivity index (χ2n) is 1.12. The number of alkyl halides is 1. The Morgan fingerprint density at radius 3 is 2.50 bits per heavy atom. The zero-order valence-corrected chi connectivity index (χ0v) is 5.40. The predicted molar refractivity (Wildman–Crippen MR) is 31.9 cm³/mol. The molecule has 0 aliphatic heterocycles. The van der Waals surface area contributed by atoms with Crippen LogP contribution in [0.4, 0.5) is 0 Å². The topological polar surface area (TPSA) is 0 Å². The molecule has 0 aromatic rings. The van der Waals surface area contributed by atoms with Crippen molar-refractivity contribution >= 4 is 15.9 Å². The van der Waals surface area contributed by atoms with E-state index in [-0.39, 0.29) is 0 Å². The average molecular weight is 148 g/mol. The highest BCUT2D eigenvalue weighted by molar-refractivity contribution is 9.09. The first kappa shape index (κ1) is 6.22. The van der Waals surface area contributed by atoms with Gasteiger partial charge in [-0.05, 0) is 6.42 Å². The van der Waals surface area contributed by atoms with Crippen LogP contribution in [0, 0.1) is 6.58 Å². The molecule has 0 rings (SSSR count). The summed E-state index contributed by atoms with van der Waals surface area (Å²) in [5, 5.41) is 0. The van der Waals surface area contributed by atoms with Crippen LogP contribution in [0.25, 0.3) is 0 Å². The second kappa shape index (κ2) is 3.41. The Hall–Kier alpha value is 0.220. The van der Waals surface area contributed by atoms with E-state index in [1.807, 2.05) is 0 Å². The molecule has 0 nitrogen and oxygen atoms in total. The number of hydrogen-bond donors (Lipinski definition) is 0. The maximum absolute atomic E-state index is 5.11. The van der Waals surface area contributed by atoms with E-state index in [1.54, 1.807) is 6.08 Å². The van der Waals surface area contributed by atoms with Gasteiger partial charge < -0.3 is 0 Å². The Kier molecular flexibility index (Phi) is 3.54. The normalized spacial score (nSPS) is 13.7. The minimum absolute atomic E-state index is 0.400. The van der Waals surface area contributed by atoms with Gasteiger partial charge in [0, 0.05) is 4.83 Å². The van der Waals surface area contributed by atoms with Gasteiger partial charge >= 0.3 is 0 Å². The van der Waals surface area contributed by atoms with Crippen LogP contribution in [0.5, 0.6) is 0 Å². The van der Waals surface area contributed by atoms with Gasteiger partial charge in [0.1, 0.15) is 0 Å². The van der Waals surface area contributed by atoms with Gasteiger partial charge in [-0.1, -0.05) is 35.5 Å². The summed E-state index contributed by atoms with van der Waals surface area (Å²) in [6, 6.07) is 0. The summed E-state index contributed by atoms with van der Waals surface area (Å²) in [6.45, 7) is 7.18. The second-order valence-corrected chi connectivity index (χ2v) is 2.29. The summed E-state index contributed by atoms with van der Waals surface area (Å²) >= 11 is 3.30. The summed E-state index contributed by atoms with van der Waals surface area (Å²) in [7, 11) is 0. The molecule has 6 heavy (non-hydrogen) atoms. The Bertz CT molecular complexity index is 41.2. The largest absolute Gasteiger partial charge is 0.0845 e. The first-order valence-electron chi connectivity index (χ1n) is 2.00. The molecular weight excluding hydrogens is 140 g/mol. The van der Waals surface area contributed by atoms with E-state index in [2.05, 4.69) is 22.9 Å². The zero-order valence-electron chi connectivity index (χ0n) is 3.82. The predicted octanol–water partition coefficient (Wildman–Crippen LogP) is 2.15. The third-order valence-electron chi connectivity index (χ3n) is 0.599. The highest BCUT2D eigenvalue weighted by Crippen LogP contribution is 2.02. The van der Waals surface area contributed by atoms with Crippen LogP contribution < -0.4 is 0 Å². The zero-order chi connectivity index (χ0) is 4.99. The Morgan fingerprint density at radius 2 is 2.50 bits per heavy atom. The van der Waals surface area contributed by atoms with E-state index >= 15 is 0 Å². The van der Waals surface area contributed by atoms with Crippen LogP contribution in [0.1, 0.15) is 13.3 Å². The maximum atomic E-state index is 5.11. The van der Waals surface area contributed by atoms with E-state index in [1.165, 1.54) is 0 Å². The van der Waals surface area contributed by atoms with Gasteiger partial charge in [-0.3, -0.25) is 0 Å². The molecule has 0 saturated carbocycles. The Labute approximate surface area is 47.4 Å². The first-order valence-corrected chi connectivity index (χ1v) is 2.92. The smallest absolute Gasteiger partial charge is 0.0325 e. The van der Waals surface area contributed by atoms with Crippen LogP contribution in [0.15, 0.2) is 6.08 Å². The number of hydrogen-bond acceptors (Lipinski definition) is 0. The molecule has 0 aliphatic rings. The molecule has 0 aromatic carbocycles. The lowest BCUT2D eigenvalue weighted by Gasteiger charge is -1.91. The molecule has 1 atom stereocenters. The van der Waals surface area contributed by atoms with Crippen LogP contribution in [-0.4, -0.2) is 4.83 Å². The lowest BCUT2D eigenvalue weighted by molar-refractivity contribution is 0.993. The molecule has 0 bridgehead atoms. The van der Waals surface area contributed by atoms with Crippen molar-refractivity contribution in [3.05, 3.63) is 12.7 Å². The van der Waals surface area contributed by atoms with Crippen molar-refractivity contribution in [1.29, 1.82) is 0 Å². The number of allylic oxidation sites excluding steroid dienone is 1. The van der Waals surface area contributed by atoms with Crippen molar-refractivity contribution in [2.45, 2.75) is 18.2 Å². The number of rotatable bonds is 2. The molecule has 1 heteroatoms. The van der Waals surface area contributed by atoms with Crippen molar-refractivity contribution in [2.24, 2.45) is 0 Å². The van der Waals surface area contributed by atoms with E-state index in [9.17, 15) is 0 Å². The Morgan fingerprint density at radius 1 is 2.00 bits per heavy atom. The fraction of sp³-hybridized carbons (Fsp3) is 0.600. The molecule has 0 saturated heterocycles. The molecule has 0 N–H and O–H groups in total. The van der Waals surface area contributed by atoms with Gasteiger partial charge in [0.05, 0.1) is 0 Å². The molecule has 1 radical (unpaired) electrons. The SMILES string of the molecule is [CH]=CC(Br)CC. The minimum atomic E-state index is 0.400. The molecule has 1 unspecified atom stereocenters. The van der Waals surface area contributed by atoms with E-state index in [0.29, 0.717) is 4.83 Å². The molecule has 0 amide bonds. The van der Waals surface area contributed by atoms with E-state index in [0.717, 1.165) is 6.42 Å². The quantitative estimate of drug-likeness (QED) is 0.526. The Balaban J connectivity index is 2.96. The van der Waals surface area contributed by atoms with E-state index < -0.39 is 0 Å². The summed E-state index contributed by atoms with van der Waals surface area (Å²) < 4.78 is 0. The molecule has 0 aromatic heterocycles. The van der Waals surface area contributed by atoms with Crippen molar-refractivity contribution in [3.8, 4) is 0 Å². The molecule has 0 fully saturated rings. The van der Waals surface area contributed by atoms with Gasteiger partial charge in [-0.25, -0.2) is 0 Å². The van der Waals surface area contributed by atoms with Gasteiger partial charge in [0.2, 0.25) is 0 Å². The summed E-state index contributed by atoms with van der Waals surface area (Å²) in [5.41, 5.74) is 0. The molecule has 35 valence electrons. The van der Waals surface area contributed by atoms with Crippen molar-refractivity contribution in [1.82, 2.24) is 0 Å². The third kappa shape index (κ3) is 2.46. The number of halogens is 1. The van der Waals surface area contributed by atoms with Gasteiger partial charge in [-0.15, -0.1) is 0 Å². The van der Waals surface area contributed by atoms with Crippen molar-refractivity contribution in [2.75, 3.05) is 0 Å². The standard InChI is InChI=1S/C5H8Br/c1-3-5(6)4-2/h1,3,5H,4H2,2H3. The fourth-order valence-corrected chi connectivity index (χ4v) is 0.136. The fourth-order valence-electron chi connectivity index (χ4n) is 0.136.